The summed E-state index contributed by atoms with van der Waals surface area (Å²) in [5, 5.41) is 20.1. The van der Waals surface area contributed by atoms with Gasteiger partial charge in [0.1, 0.15) is 10.6 Å². The molecule has 1 N–H and O–H groups in total. The monoisotopic (exact) mass is 356 g/mol. The van der Waals surface area contributed by atoms with Gasteiger partial charge in [-0.2, -0.15) is 4.31 Å². The highest BCUT2D eigenvalue weighted by Crippen LogP contribution is 2.46. The Kier molecular flexibility index (Phi) is 3.96. The Labute approximate surface area is 138 Å². The van der Waals surface area contributed by atoms with Crippen molar-refractivity contribution in [2.24, 2.45) is 5.92 Å². The molecule has 2 bridgehead atoms. The van der Waals surface area contributed by atoms with E-state index in [0.29, 0.717) is 12.8 Å². The lowest BCUT2D eigenvalue weighted by molar-refractivity contribution is -0.385. The molecular formula is C14H16N2O7S. The molecule has 1 aromatic carbocycles. The molecule has 2 aliphatic heterocycles. The molecule has 1 aromatic rings. The zero-order chi connectivity index (χ0) is 17.6. The second kappa shape index (κ2) is 5.71. The van der Waals surface area contributed by atoms with Crippen LogP contribution in [0.25, 0.3) is 0 Å². The van der Waals surface area contributed by atoms with Gasteiger partial charge in [0.05, 0.1) is 24.0 Å². The van der Waals surface area contributed by atoms with Gasteiger partial charge in [-0.25, -0.2) is 8.42 Å². The van der Waals surface area contributed by atoms with Crippen molar-refractivity contribution < 1.29 is 28.0 Å². The van der Waals surface area contributed by atoms with E-state index in [1.807, 2.05) is 0 Å². The third kappa shape index (κ3) is 2.42. The average Bonchev–Trinajstić information content (AvgIpc) is 3.12. The molecule has 0 aromatic heterocycles. The van der Waals surface area contributed by atoms with Crippen molar-refractivity contribution in [3.8, 4) is 5.75 Å². The van der Waals surface area contributed by atoms with Gasteiger partial charge in [0.2, 0.25) is 10.0 Å². The largest absolute Gasteiger partial charge is 0.495 e. The molecule has 3 unspecified atom stereocenters. The number of carboxylic acids is 1. The van der Waals surface area contributed by atoms with Crippen LogP contribution >= 0.6 is 0 Å². The van der Waals surface area contributed by atoms with E-state index in [4.69, 9.17) is 4.74 Å². The maximum atomic E-state index is 13.0. The number of hydrogen-bond donors (Lipinski definition) is 1. The number of carboxylic acid groups (broad SMARTS) is 1. The minimum Gasteiger partial charge on any atom is -0.495 e. The summed E-state index contributed by atoms with van der Waals surface area (Å²) in [4.78, 5) is 21.3. The van der Waals surface area contributed by atoms with Crippen LogP contribution in [0.2, 0.25) is 0 Å². The van der Waals surface area contributed by atoms with Crippen LogP contribution in [0, 0.1) is 16.0 Å². The lowest BCUT2D eigenvalue weighted by Crippen LogP contribution is -2.38. The van der Waals surface area contributed by atoms with Crippen LogP contribution in [0.15, 0.2) is 23.1 Å². The van der Waals surface area contributed by atoms with Crippen LogP contribution < -0.4 is 4.74 Å². The molecule has 0 amide bonds. The second-order valence-corrected chi connectivity index (χ2v) is 7.72. The number of rotatable bonds is 5. The quantitative estimate of drug-likeness (QED) is 0.621. The van der Waals surface area contributed by atoms with Gasteiger partial charge in [-0.3, -0.25) is 14.9 Å². The van der Waals surface area contributed by atoms with Gasteiger partial charge in [0.15, 0.2) is 0 Å². The molecule has 0 spiro atoms. The summed E-state index contributed by atoms with van der Waals surface area (Å²) in [6, 6.07) is 2.35. The summed E-state index contributed by atoms with van der Waals surface area (Å²) in [6.45, 7) is 0. The van der Waals surface area contributed by atoms with Crippen molar-refractivity contribution in [1.82, 2.24) is 4.31 Å². The van der Waals surface area contributed by atoms with Gasteiger partial charge >= 0.3 is 5.97 Å². The normalized spacial score (nSPS) is 26.5. The van der Waals surface area contributed by atoms with E-state index in [1.165, 1.54) is 11.4 Å². The smallest absolute Gasteiger partial charge is 0.308 e. The molecule has 130 valence electrons. The number of benzene rings is 1. The molecule has 0 aliphatic carbocycles. The summed E-state index contributed by atoms with van der Waals surface area (Å²) in [7, 11) is -2.77. The Morgan fingerprint density at radius 3 is 2.67 bits per heavy atom. The minimum atomic E-state index is -4.00. The highest BCUT2D eigenvalue weighted by Gasteiger charge is 2.54. The number of nitro groups is 1. The SMILES string of the molecule is COc1cc([N+](=O)[O-])ccc1S(=O)(=O)N1C2CCC1C(C(=O)O)C2. The Morgan fingerprint density at radius 2 is 2.12 bits per heavy atom. The molecule has 24 heavy (non-hydrogen) atoms. The third-order valence-electron chi connectivity index (χ3n) is 4.70. The van der Waals surface area contributed by atoms with Crippen LogP contribution in [0.1, 0.15) is 19.3 Å². The third-order valence-corrected chi connectivity index (χ3v) is 6.72. The van der Waals surface area contributed by atoms with Gasteiger partial charge < -0.3 is 9.84 Å². The van der Waals surface area contributed by atoms with E-state index >= 15 is 0 Å². The number of carbonyl (C=O) groups is 1. The maximum absolute atomic E-state index is 13.0. The number of nitrogens with zero attached hydrogens (tertiary/aromatic N) is 2. The number of hydrogen-bond acceptors (Lipinski definition) is 6. The van der Waals surface area contributed by atoms with Crippen LogP contribution in [0.4, 0.5) is 5.69 Å². The molecule has 0 radical (unpaired) electrons. The number of methoxy groups -OCH3 is 1. The Balaban J connectivity index is 2.03. The Bertz CT molecular complexity index is 807. The zero-order valence-corrected chi connectivity index (χ0v) is 13.6. The van der Waals surface area contributed by atoms with Crippen molar-refractivity contribution in [2.45, 2.75) is 36.2 Å². The second-order valence-electron chi connectivity index (χ2n) is 5.91. The fourth-order valence-corrected chi connectivity index (χ4v) is 5.73. The van der Waals surface area contributed by atoms with E-state index in [1.54, 1.807) is 0 Å². The van der Waals surface area contributed by atoms with E-state index in [0.717, 1.165) is 18.2 Å². The first kappa shape index (κ1) is 16.7. The summed E-state index contributed by atoms with van der Waals surface area (Å²) >= 11 is 0. The first-order valence-electron chi connectivity index (χ1n) is 7.36. The average molecular weight is 356 g/mol. The lowest BCUT2D eigenvalue weighted by Gasteiger charge is -2.23. The fraction of sp³-hybridized carbons (Fsp3) is 0.500. The van der Waals surface area contributed by atoms with Gasteiger partial charge in [-0.15, -0.1) is 0 Å². The first-order valence-corrected chi connectivity index (χ1v) is 8.80. The highest BCUT2D eigenvalue weighted by molar-refractivity contribution is 7.89. The molecule has 9 nitrogen and oxygen atoms in total. The summed E-state index contributed by atoms with van der Waals surface area (Å²) in [6.07, 6.45) is 1.40. The van der Waals surface area contributed by atoms with Crippen molar-refractivity contribution in [1.29, 1.82) is 0 Å². The van der Waals surface area contributed by atoms with Crippen LogP contribution in [0.3, 0.4) is 0 Å². The molecule has 2 heterocycles. The predicted octanol–water partition coefficient (Wildman–Crippen LogP) is 1.23. The molecule has 10 heteroatoms. The fourth-order valence-electron chi connectivity index (χ4n) is 3.68. The van der Waals surface area contributed by atoms with Crippen molar-refractivity contribution >= 4 is 21.7 Å². The Hall–Kier alpha value is -2.20. The van der Waals surface area contributed by atoms with Gasteiger partial charge in [0.25, 0.3) is 5.69 Å². The van der Waals surface area contributed by atoms with E-state index < -0.39 is 32.9 Å². The summed E-state index contributed by atoms with van der Waals surface area (Å²) in [5.41, 5.74) is -0.279. The van der Waals surface area contributed by atoms with Gasteiger partial charge in [-0.1, -0.05) is 0 Å². The zero-order valence-electron chi connectivity index (χ0n) is 12.8. The van der Waals surface area contributed by atoms with Gasteiger partial charge in [0, 0.05) is 18.2 Å². The van der Waals surface area contributed by atoms with E-state index in [2.05, 4.69) is 0 Å². The Morgan fingerprint density at radius 1 is 1.42 bits per heavy atom. The molecule has 0 saturated carbocycles. The molecule has 2 saturated heterocycles. The predicted molar refractivity (Wildman–Crippen MR) is 81.2 cm³/mol. The van der Waals surface area contributed by atoms with E-state index in [9.17, 15) is 28.4 Å². The molecule has 2 aliphatic rings. The molecule has 2 fully saturated rings. The summed E-state index contributed by atoms with van der Waals surface area (Å²) in [5.74, 6) is -1.84. The number of aliphatic carboxylic acids is 1. The molecular weight excluding hydrogens is 340 g/mol. The topological polar surface area (TPSA) is 127 Å². The number of nitro benzene ring substituents is 1. The van der Waals surface area contributed by atoms with Gasteiger partial charge in [-0.05, 0) is 25.3 Å². The van der Waals surface area contributed by atoms with Crippen LogP contribution in [-0.4, -0.2) is 47.9 Å². The first-order chi connectivity index (χ1) is 11.3. The maximum Gasteiger partial charge on any atom is 0.308 e. The lowest BCUT2D eigenvalue weighted by atomic mass is 9.89. The molecule has 3 rings (SSSR count). The molecule has 3 atom stereocenters. The number of ether oxygens (including phenoxy) is 1. The van der Waals surface area contributed by atoms with E-state index in [-0.39, 0.29) is 28.8 Å². The number of fused-ring (bicyclic) bond motifs is 2. The standard InChI is InChI=1S/C14H16N2O7S/c1-23-12-7-9(16(19)20)3-5-13(12)24(21,22)15-8-2-4-11(15)10(6-8)14(17)18/h3,5,7-8,10-11H,2,4,6H2,1H3,(H,17,18). The van der Waals surface area contributed by atoms with Crippen LogP contribution in [-0.2, 0) is 14.8 Å². The van der Waals surface area contributed by atoms with Crippen LogP contribution in [0.5, 0.6) is 5.75 Å². The number of sulfonamides is 1. The minimum absolute atomic E-state index is 0.123. The highest BCUT2D eigenvalue weighted by atomic mass is 32.2. The number of non-ortho nitro benzene ring substituents is 1. The van der Waals surface area contributed by atoms with Crippen molar-refractivity contribution in [2.75, 3.05) is 7.11 Å². The van der Waals surface area contributed by atoms with Crippen molar-refractivity contribution in [3.63, 3.8) is 0 Å². The van der Waals surface area contributed by atoms with Crippen molar-refractivity contribution in [3.05, 3.63) is 28.3 Å². The summed E-state index contributed by atoms with van der Waals surface area (Å²) < 4.78 is 32.3.